The predicted molar refractivity (Wildman–Crippen MR) is 87.8 cm³/mol. The Hall–Kier alpha value is -3.49. The smallest absolute Gasteiger partial charge is 0.407 e. The maximum Gasteiger partial charge on any atom is 0.407 e. The van der Waals surface area contributed by atoms with E-state index in [9.17, 15) is 24.1 Å². The van der Waals surface area contributed by atoms with Crippen molar-refractivity contribution in [2.24, 2.45) is 0 Å². The molecule has 0 bridgehead atoms. The Kier molecular flexibility index (Phi) is 6.20. The number of aliphatic carboxylic acids is 1. The number of alkyl carbamates (subject to hydrolysis) is 1. The lowest BCUT2D eigenvalue weighted by Gasteiger charge is -2.18. The first-order chi connectivity index (χ1) is 12.4. The van der Waals surface area contributed by atoms with Crippen LogP contribution < -0.4 is 5.32 Å². The second-order valence-electron chi connectivity index (χ2n) is 5.32. The SMILES string of the molecule is O=C(O)CC(NC(=O)OCc1ccccc1)c1cc([N+](=O)[O-])ccc1F. The average molecular weight is 362 g/mol. The van der Waals surface area contributed by atoms with E-state index in [1.165, 1.54) is 0 Å². The number of rotatable bonds is 7. The molecule has 1 amide bonds. The van der Waals surface area contributed by atoms with Gasteiger partial charge in [0.05, 0.1) is 17.4 Å². The molecule has 1 unspecified atom stereocenters. The van der Waals surface area contributed by atoms with Gasteiger partial charge in [-0.25, -0.2) is 9.18 Å². The van der Waals surface area contributed by atoms with E-state index >= 15 is 0 Å². The lowest BCUT2D eigenvalue weighted by molar-refractivity contribution is -0.385. The molecule has 136 valence electrons. The highest BCUT2D eigenvalue weighted by Gasteiger charge is 2.24. The molecular weight excluding hydrogens is 347 g/mol. The molecule has 0 saturated heterocycles. The second-order valence-corrected chi connectivity index (χ2v) is 5.32. The van der Waals surface area contributed by atoms with Gasteiger partial charge in [-0.3, -0.25) is 14.9 Å². The van der Waals surface area contributed by atoms with E-state index in [0.29, 0.717) is 5.56 Å². The number of hydrogen-bond donors (Lipinski definition) is 2. The van der Waals surface area contributed by atoms with Crippen LogP contribution in [-0.4, -0.2) is 22.1 Å². The summed E-state index contributed by atoms with van der Waals surface area (Å²) in [5.41, 5.74) is -0.0199. The van der Waals surface area contributed by atoms with Crippen LogP contribution in [0.5, 0.6) is 0 Å². The lowest BCUT2D eigenvalue weighted by Crippen LogP contribution is -2.31. The van der Waals surface area contributed by atoms with Crippen LogP contribution in [0.1, 0.15) is 23.6 Å². The summed E-state index contributed by atoms with van der Waals surface area (Å²) in [5.74, 6) is -2.19. The summed E-state index contributed by atoms with van der Waals surface area (Å²) in [6, 6.07) is 10.1. The van der Waals surface area contributed by atoms with Crippen molar-refractivity contribution in [2.45, 2.75) is 19.1 Å². The van der Waals surface area contributed by atoms with Crippen molar-refractivity contribution in [1.82, 2.24) is 5.32 Å². The number of nitro groups is 1. The summed E-state index contributed by atoms with van der Waals surface area (Å²) < 4.78 is 19.0. The molecule has 2 rings (SSSR count). The molecule has 0 fully saturated rings. The normalized spacial score (nSPS) is 11.4. The van der Waals surface area contributed by atoms with Gasteiger partial charge < -0.3 is 15.2 Å². The fourth-order valence-electron chi connectivity index (χ4n) is 2.23. The van der Waals surface area contributed by atoms with Crippen molar-refractivity contribution < 1.29 is 28.7 Å². The van der Waals surface area contributed by atoms with E-state index in [1.807, 2.05) is 0 Å². The number of hydrogen-bond acceptors (Lipinski definition) is 5. The Bertz CT molecular complexity index is 812. The monoisotopic (exact) mass is 362 g/mol. The number of nitrogens with zero attached hydrogens (tertiary/aromatic N) is 1. The molecule has 9 heteroatoms. The zero-order chi connectivity index (χ0) is 19.1. The average Bonchev–Trinajstić information content (AvgIpc) is 2.60. The van der Waals surface area contributed by atoms with Crippen molar-refractivity contribution in [3.63, 3.8) is 0 Å². The highest BCUT2D eigenvalue weighted by molar-refractivity contribution is 5.72. The molecular formula is C17H15FN2O6. The maximum absolute atomic E-state index is 14.0. The van der Waals surface area contributed by atoms with Crippen molar-refractivity contribution >= 4 is 17.7 Å². The maximum atomic E-state index is 14.0. The first-order valence-electron chi connectivity index (χ1n) is 7.49. The molecule has 0 aliphatic heterocycles. The third kappa shape index (κ3) is 5.26. The topological polar surface area (TPSA) is 119 Å². The molecule has 2 aromatic carbocycles. The highest BCUT2D eigenvalue weighted by Crippen LogP contribution is 2.25. The summed E-state index contributed by atoms with van der Waals surface area (Å²) in [6.45, 7) is -0.0656. The summed E-state index contributed by atoms with van der Waals surface area (Å²) in [5, 5.41) is 22.1. The van der Waals surface area contributed by atoms with Crippen LogP contribution >= 0.6 is 0 Å². The summed E-state index contributed by atoms with van der Waals surface area (Å²) in [6.07, 6.45) is -1.63. The summed E-state index contributed by atoms with van der Waals surface area (Å²) in [4.78, 5) is 33.1. The number of ether oxygens (including phenoxy) is 1. The van der Waals surface area contributed by atoms with E-state index in [0.717, 1.165) is 18.2 Å². The van der Waals surface area contributed by atoms with Crippen LogP contribution in [0.15, 0.2) is 48.5 Å². The number of non-ortho nitro benzene ring substituents is 1. The summed E-state index contributed by atoms with van der Waals surface area (Å²) >= 11 is 0. The van der Waals surface area contributed by atoms with Crippen LogP contribution in [-0.2, 0) is 16.1 Å². The molecule has 8 nitrogen and oxygen atoms in total. The molecule has 2 aromatic rings. The largest absolute Gasteiger partial charge is 0.481 e. The van der Waals surface area contributed by atoms with Gasteiger partial charge in [-0.05, 0) is 11.6 Å². The Labute approximate surface area is 147 Å². The van der Waals surface area contributed by atoms with E-state index in [1.54, 1.807) is 30.3 Å². The second kappa shape index (κ2) is 8.56. The van der Waals surface area contributed by atoms with E-state index in [-0.39, 0.29) is 12.2 Å². The van der Waals surface area contributed by atoms with Gasteiger partial charge >= 0.3 is 12.1 Å². The van der Waals surface area contributed by atoms with Crippen LogP contribution in [0.3, 0.4) is 0 Å². The first kappa shape index (κ1) is 18.8. The van der Waals surface area contributed by atoms with Crippen molar-refractivity contribution in [3.8, 4) is 0 Å². The number of carboxylic acid groups (broad SMARTS) is 1. The molecule has 2 N–H and O–H groups in total. The molecule has 0 saturated carbocycles. The molecule has 0 aromatic heterocycles. The highest BCUT2D eigenvalue weighted by atomic mass is 19.1. The number of amides is 1. The molecule has 0 aliphatic rings. The first-order valence-corrected chi connectivity index (χ1v) is 7.49. The third-order valence-electron chi connectivity index (χ3n) is 3.45. The van der Waals surface area contributed by atoms with Gasteiger partial charge in [0.2, 0.25) is 0 Å². The van der Waals surface area contributed by atoms with Crippen LogP contribution in [0.4, 0.5) is 14.9 Å². The van der Waals surface area contributed by atoms with Gasteiger partial charge in [0, 0.05) is 17.7 Å². The molecule has 0 radical (unpaired) electrons. The molecule has 0 spiro atoms. The fourth-order valence-corrected chi connectivity index (χ4v) is 2.23. The van der Waals surface area contributed by atoms with Crippen LogP contribution in [0, 0.1) is 15.9 Å². The predicted octanol–water partition coefficient (Wildman–Crippen LogP) is 3.18. The number of nitro benzene ring substituents is 1. The summed E-state index contributed by atoms with van der Waals surface area (Å²) in [7, 11) is 0. The number of benzene rings is 2. The van der Waals surface area contributed by atoms with E-state index in [4.69, 9.17) is 9.84 Å². The lowest BCUT2D eigenvalue weighted by atomic mass is 10.0. The number of nitrogens with one attached hydrogen (secondary N) is 1. The Morgan fingerprint density at radius 3 is 2.54 bits per heavy atom. The van der Waals surface area contributed by atoms with Gasteiger partial charge in [0.1, 0.15) is 12.4 Å². The van der Waals surface area contributed by atoms with Gasteiger partial charge in [0.25, 0.3) is 5.69 Å². The number of carboxylic acids is 1. The Morgan fingerprint density at radius 1 is 1.23 bits per heavy atom. The van der Waals surface area contributed by atoms with Crippen LogP contribution in [0.25, 0.3) is 0 Å². The van der Waals surface area contributed by atoms with E-state index in [2.05, 4.69) is 5.32 Å². The van der Waals surface area contributed by atoms with Crippen molar-refractivity contribution in [1.29, 1.82) is 0 Å². The van der Waals surface area contributed by atoms with E-state index < -0.39 is 41.0 Å². The molecule has 26 heavy (non-hydrogen) atoms. The van der Waals surface area contributed by atoms with Gasteiger partial charge in [-0.15, -0.1) is 0 Å². The number of carbonyl (C=O) groups excluding carboxylic acids is 1. The fraction of sp³-hybridized carbons (Fsp3) is 0.176. The zero-order valence-corrected chi connectivity index (χ0v) is 13.4. The van der Waals surface area contributed by atoms with Gasteiger partial charge in [-0.1, -0.05) is 30.3 Å². The van der Waals surface area contributed by atoms with Crippen LogP contribution in [0.2, 0.25) is 0 Å². The molecule has 0 aliphatic carbocycles. The van der Waals surface area contributed by atoms with Crippen molar-refractivity contribution in [3.05, 3.63) is 75.6 Å². The molecule has 0 heterocycles. The van der Waals surface area contributed by atoms with Crippen molar-refractivity contribution in [2.75, 3.05) is 0 Å². The van der Waals surface area contributed by atoms with Gasteiger partial charge in [0.15, 0.2) is 0 Å². The standard InChI is InChI=1S/C17H15FN2O6/c18-14-7-6-12(20(24)25)8-13(14)15(9-16(21)22)19-17(23)26-10-11-4-2-1-3-5-11/h1-8,15H,9-10H2,(H,19,23)(H,21,22). The minimum Gasteiger partial charge on any atom is -0.481 e. The zero-order valence-electron chi connectivity index (χ0n) is 13.4. The third-order valence-corrected chi connectivity index (χ3v) is 3.45. The quantitative estimate of drug-likeness (QED) is 0.577. The Balaban J connectivity index is 2.14. The number of halogens is 1. The minimum atomic E-state index is -1.32. The Morgan fingerprint density at radius 2 is 1.92 bits per heavy atom. The molecule has 1 atom stereocenters. The number of carbonyl (C=O) groups is 2. The minimum absolute atomic E-state index is 0.0656. The van der Waals surface area contributed by atoms with Gasteiger partial charge in [-0.2, -0.15) is 0 Å².